The van der Waals surface area contributed by atoms with Gasteiger partial charge in [0.05, 0.1) is 10.6 Å². The summed E-state index contributed by atoms with van der Waals surface area (Å²) in [6, 6.07) is 13.3. The monoisotopic (exact) mass is 297 g/mol. The summed E-state index contributed by atoms with van der Waals surface area (Å²) in [6.45, 7) is 3.52. The van der Waals surface area contributed by atoms with Crippen LogP contribution >= 0.6 is 0 Å². The molecule has 0 spiro atoms. The number of benzene rings is 2. The first-order valence-corrected chi connectivity index (χ1v) is 6.64. The normalized spacial score (nSPS) is 11.1. The maximum atomic E-state index is 12.1. The lowest BCUT2D eigenvalue weighted by molar-refractivity contribution is -0.384. The van der Waals surface area contributed by atoms with Gasteiger partial charge in [0.2, 0.25) is 0 Å². The van der Waals surface area contributed by atoms with Gasteiger partial charge in [-0.15, -0.1) is 0 Å². The number of hydrazone groups is 1. The summed E-state index contributed by atoms with van der Waals surface area (Å²) < 4.78 is 0. The Bertz CT molecular complexity index is 754. The molecule has 0 bridgehead atoms. The Hall–Kier alpha value is -3.02. The van der Waals surface area contributed by atoms with Crippen molar-refractivity contribution in [3.8, 4) is 0 Å². The van der Waals surface area contributed by atoms with Crippen LogP contribution in [0.5, 0.6) is 0 Å². The number of carbonyl (C=O) groups excluding carboxylic acids is 1. The van der Waals surface area contributed by atoms with Gasteiger partial charge < -0.3 is 0 Å². The first kappa shape index (κ1) is 15.4. The smallest absolute Gasteiger partial charge is 0.267 e. The molecule has 0 aliphatic rings. The number of hydrogen-bond donors (Lipinski definition) is 1. The van der Waals surface area contributed by atoms with E-state index in [2.05, 4.69) is 10.5 Å². The van der Waals surface area contributed by atoms with Crippen LogP contribution in [0.2, 0.25) is 0 Å². The van der Waals surface area contributed by atoms with Gasteiger partial charge in [-0.1, -0.05) is 30.3 Å². The van der Waals surface area contributed by atoms with Crippen molar-refractivity contribution < 1.29 is 9.72 Å². The molecule has 6 heteroatoms. The molecule has 0 aliphatic carbocycles. The zero-order chi connectivity index (χ0) is 16.1. The standard InChI is InChI=1S/C16H15N3O3/c1-11-6-3-4-9-15(11)16(20)18-17-12(2)13-7-5-8-14(10-13)19(21)22/h3-10H,1-2H3,(H,18,20)/b17-12-. The van der Waals surface area contributed by atoms with Crippen molar-refractivity contribution in [2.75, 3.05) is 0 Å². The Morgan fingerprint density at radius 1 is 1.18 bits per heavy atom. The van der Waals surface area contributed by atoms with Crippen LogP contribution in [0.15, 0.2) is 53.6 Å². The minimum Gasteiger partial charge on any atom is -0.267 e. The highest BCUT2D eigenvalue weighted by Gasteiger charge is 2.09. The third kappa shape index (κ3) is 3.54. The number of non-ortho nitro benzene ring substituents is 1. The topological polar surface area (TPSA) is 84.6 Å². The van der Waals surface area contributed by atoms with Gasteiger partial charge in [0.1, 0.15) is 0 Å². The Morgan fingerprint density at radius 2 is 1.91 bits per heavy atom. The fraction of sp³-hybridized carbons (Fsp3) is 0.125. The maximum absolute atomic E-state index is 12.1. The molecule has 0 saturated heterocycles. The van der Waals surface area contributed by atoms with E-state index in [9.17, 15) is 14.9 Å². The molecule has 0 atom stereocenters. The van der Waals surface area contributed by atoms with E-state index >= 15 is 0 Å². The number of aryl methyl sites for hydroxylation is 1. The molecule has 2 aromatic rings. The first-order valence-electron chi connectivity index (χ1n) is 6.64. The van der Waals surface area contributed by atoms with E-state index in [-0.39, 0.29) is 11.6 Å². The lowest BCUT2D eigenvalue weighted by atomic mass is 10.1. The quantitative estimate of drug-likeness (QED) is 0.534. The van der Waals surface area contributed by atoms with E-state index < -0.39 is 4.92 Å². The van der Waals surface area contributed by atoms with E-state index in [1.807, 2.05) is 19.1 Å². The minimum atomic E-state index is -0.470. The molecule has 112 valence electrons. The van der Waals surface area contributed by atoms with Crippen LogP contribution in [-0.4, -0.2) is 16.5 Å². The average molecular weight is 297 g/mol. The summed E-state index contributed by atoms with van der Waals surface area (Å²) in [5, 5.41) is 14.8. The Balaban J connectivity index is 2.16. The van der Waals surface area contributed by atoms with E-state index in [1.165, 1.54) is 12.1 Å². The highest BCUT2D eigenvalue weighted by atomic mass is 16.6. The van der Waals surface area contributed by atoms with Gasteiger partial charge in [-0.25, -0.2) is 5.43 Å². The second kappa shape index (κ2) is 6.62. The summed E-state index contributed by atoms with van der Waals surface area (Å²) in [4.78, 5) is 22.3. The van der Waals surface area contributed by atoms with Crippen molar-refractivity contribution in [2.45, 2.75) is 13.8 Å². The Labute approximate surface area is 127 Å². The molecule has 0 aliphatic heterocycles. The van der Waals surface area contributed by atoms with E-state index in [0.29, 0.717) is 16.8 Å². The highest BCUT2D eigenvalue weighted by molar-refractivity contribution is 6.01. The summed E-state index contributed by atoms with van der Waals surface area (Å²) in [7, 11) is 0. The van der Waals surface area contributed by atoms with Crippen LogP contribution in [0.3, 0.4) is 0 Å². The Kier molecular flexibility index (Phi) is 4.63. The molecule has 2 rings (SSSR count). The molecule has 0 aromatic heterocycles. The summed E-state index contributed by atoms with van der Waals surface area (Å²) in [5.41, 5.74) is 4.91. The molecule has 0 heterocycles. The maximum Gasteiger partial charge on any atom is 0.271 e. The number of nitrogens with one attached hydrogen (secondary N) is 1. The van der Waals surface area contributed by atoms with Crippen LogP contribution < -0.4 is 5.43 Å². The second-order valence-electron chi connectivity index (χ2n) is 4.76. The predicted molar refractivity (Wildman–Crippen MR) is 84.0 cm³/mol. The van der Waals surface area contributed by atoms with Crippen LogP contribution in [-0.2, 0) is 0 Å². The molecule has 6 nitrogen and oxygen atoms in total. The molecular weight excluding hydrogens is 282 g/mol. The fourth-order valence-electron chi connectivity index (χ4n) is 1.93. The first-order chi connectivity index (χ1) is 10.5. The molecule has 0 saturated carbocycles. The summed E-state index contributed by atoms with van der Waals surface area (Å²) in [6.07, 6.45) is 0. The number of nitro benzene ring substituents is 1. The van der Waals surface area contributed by atoms with Crippen molar-refractivity contribution >= 4 is 17.3 Å². The van der Waals surface area contributed by atoms with Gasteiger partial charge in [-0.2, -0.15) is 5.10 Å². The zero-order valence-corrected chi connectivity index (χ0v) is 12.2. The number of hydrogen-bond acceptors (Lipinski definition) is 4. The van der Waals surface area contributed by atoms with Gasteiger partial charge in [-0.05, 0) is 25.5 Å². The molecule has 1 N–H and O–H groups in total. The van der Waals surface area contributed by atoms with Crippen molar-refractivity contribution in [2.24, 2.45) is 5.10 Å². The second-order valence-corrected chi connectivity index (χ2v) is 4.76. The predicted octanol–water partition coefficient (Wildman–Crippen LogP) is 3.06. The van der Waals surface area contributed by atoms with Crippen molar-refractivity contribution in [1.29, 1.82) is 0 Å². The zero-order valence-electron chi connectivity index (χ0n) is 12.2. The van der Waals surface area contributed by atoms with Crippen molar-refractivity contribution in [1.82, 2.24) is 5.43 Å². The van der Waals surface area contributed by atoms with Crippen LogP contribution in [0.1, 0.15) is 28.4 Å². The minimum absolute atomic E-state index is 0.0164. The van der Waals surface area contributed by atoms with Gasteiger partial charge in [0, 0.05) is 23.3 Å². The van der Waals surface area contributed by atoms with Crippen LogP contribution in [0.25, 0.3) is 0 Å². The third-order valence-electron chi connectivity index (χ3n) is 3.19. The van der Waals surface area contributed by atoms with Gasteiger partial charge in [0.25, 0.3) is 11.6 Å². The van der Waals surface area contributed by atoms with Crippen molar-refractivity contribution in [3.63, 3.8) is 0 Å². The summed E-state index contributed by atoms with van der Waals surface area (Å²) >= 11 is 0. The molecule has 2 aromatic carbocycles. The SMILES string of the molecule is C/C(=N/NC(=O)c1ccccc1C)c1cccc([N+](=O)[O-])c1. The lowest BCUT2D eigenvalue weighted by Gasteiger charge is -2.05. The molecule has 22 heavy (non-hydrogen) atoms. The Morgan fingerprint density at radius 3 is 2.59 bits per heavy atom. The highest BCUT2D eigenvalue weighted by Crippen LogP contribution is 2.13. The molecule has 1 amide bonds. The van der Waals surface area contributed by atoms with Gasteiger partial charge in [0.15, 0.2) is 0 Å². The number of nitrogens with zero attached hydrogens (tertiary/aromatic N) is 2. The van der Waals surface area contributed by atoms with Crippen LogP contribution in [0, 0.1) is 17.0 Å². The summed E-state index contributed by atoms with van der Waals surface area (Å²) in [5.74, 6) is -0.317. The van der Waals surface area contributed by atoms with E-state index in [0.717, 1.165) is 5.56 Å². The third-order valence-corrected chi connectivity index (χ3v) is 3.19. The number of nitro groups is 1. The average Bonchev–Trinajstić information content (AvgIpc) is 2.52. The lowest BCUT2D eigenvalue weighted by Crippen LogP contribution is -2.20. The fourth-order valence-corrected chi connectivity index (χ4v) is 1.93. The van der Waals surface area contributed by atoms with Gasteiger partial charge in [-0.3, -0.25) is 14.9 Å². The van der Waals surface area contributed by atoms with Gasteiger partial charge >= 0.3 is 0 Å². The number of carbonyl (C=O) groups is 1. The largest absolute Gasteiger partial charge is 0.271 e. The number of rotatable bonds is 4. The molecular formula is C16H15N3O3. The van der Waals surface area contributed by atoms with Crippen LogP contribution in [0.4, 0.5) is 5.69 Å². The van der Waals surface area contributed by atoms with E-state index in [1.54, 1.807) is 31.2 Å². The van der Waals surface area contributed by atoms with E-state index in [4.69, 9.17) is 0 Å². The molecule has 0 fully saturated rings. The number of amides is 1. The molecule has 0 radical (unpaired) electrons. The molecule has 0 unspecified atom stereocenters. The van der Waals surface area contributed by atoms with Crippen molar-refractivity contribution in [3.05, 3.63) is 75.3 Å².